The van der Waals surface area contributed by atoms with E-state index < -0.39 is 0 Å². The zero-order valence-corrected chi connectivity index (χ0v) is 11.6. The number of hydrogen-bond donors (Lipinski definition) is 1. The van der Waals surface area contributed by atoms with Crippen molar-refractivity contribution in [3.8, 4) is 0 Å². The zero-order valence-electron chi connectivity index (χ0n) is 5.89. The molecule has 0 spiro atoms. The first kappa shape index (κ1) is 6.35. The van der Waals surface area contributed by atoms with Crippen LogP contribution in [0.4, 0.5) is 0 Å². The summed E-state index contributed by atoms with van der Waals surface area (Å²) in [4.78, 5) is 3.35. The Bertz CT molecular complexity index is 318. The van der Waals surface area contributed by atoms with E-state index in [1.807, 2.05) is 0 Å². The van der Waals surface area contributed by atoms with Crippen molar-refractivity contribution >= 4 is 38.7 Å². The van der Waals surface area contributed by atoms with Crippen LogP contribution in [0.2, 0.25) is 0 Å². The van der Waals surface area contributed by atoms with Gasteiger partial charge in [0.1, 0.15) is 0 Å². The number of H-pyrrole nitrogens is 1. The summed E-state index contributed by atoms with van der Waals surface area (Å²) in [5, 5.41) is 1.34. The van der Waals surface area contributed by atoms with Crippen LogP contribution in [0.3, 0.4) is 0 Å². The van der Waals surface area contributed by atoms with E-state index in [1.165, 1.54) is 14.4 Å². The van der Waals surface area contributed by atoms with Crippen LogP contribution in [0.15, 0.2) is 30.3 Å². The molecule has 0 aliphatic carbocycles. The Hall–Kier alpha value is -0.370. The predicted octanol–water partition coefficient (Wildman–Crippen LogP) is 0.426. The third-order valence-corrected chi connectivity index (χ3v) is 3.20. The zero-order chi connectivity index (χ0) is 6.97. The summed E-state index contributed by atoms with van der Waals surface area (Å²) in [7, 11) is 0. The molecule has 0 unspecified atom stereocenters. The maximum absolute atomic E-state index is 3.35. The molecule has 0 aliphatic rings. The molecule has 0 bridgehead atoms. The van der Waals surface area contributed by atoms with Gasteiger partial charge in [0.15, 0.2) is 0 Å². The van der Waals surface area contributed by atoms with Gasteiger partial charge in [-0.05, 0) is 0 Å². The van der Waals surface area contributed by atoms with Crippen molar-refractivity contribution in [1.82, 2.24) is 4.98 Å². The third-order valence-electron chi connectivity index (χ3n) is 1.66. The van der Waals surface area contributed by atoms with Crippen LogP contribution >= 0.6 is 0 Å². The van der Waals surface area contributed by atoms with Gasteiger partial charge in [-0.25, -0.2) is 0 Å². The summed E-state index contributed by atoms with van der Waals surface area (Å²) in [6, 6.07) is 10.6. The van der Waals surface area contributed by atoms with E-state index in [0.29, 0.717) is 24.4 Å². The number of fused-ring (bicyclic) bond motifs is 1. The fraction of sp³-hybridized carbons (Fsp3) is 0. The average molecular weight is 233 g/mol. The summed E-state index contributed by atoms with van der Waals surface area (Å²) < 4.78 is 1.43. The van der Waals surface area contributed by atoms with Crippen LogP contribution in [-0.4, -0.2) is 29.4 Å². The van der Waals surface area contributed by atoms with Gasteiger partial charge in [0.25, 0.3) is 0 Å². The molecule has 0 fully saturated rings. The van der Waals surface area contributed by atoms with E-state index in [4.69, 9.17) is 0 Å². The van der Waals surface area contributed by atoms with Crippen LogP contribution in [0, 0.1) is 0 Å². The molecular formula is C8H8InN. The van der Waals surface area contributed by atoms with E-state index in [1.54, 1.807) is 0 Å². The average Bonchev–Trinajstić information content (AvgIpc) is 2.27. The van der Waals surface area contributed by atoms with Crippen molar-refractivity contribution in [1.29, 1.82) is 0 Å². The van der Waals surface area contributed by atoms with Gasteiger partial charge in [0, 0.05) is 0 Å². The number of aromatic amines is 1. The molecule has 1 aromatic heterocycles. The standard InChI is InChI=1S/C8H6N.In.2H/c1-2-4-8-7(3-1)5-6-9-8;;;/h1-5,9H;;;. The molecular weight excluding hydrogens is 225 g/mol. The number of rotatable bonds is 0. The Labute approximate surface area is 74.0 Å². The number of para-hydroxylation sites is 1. The van der Waals surface area contributed by atoms with Gasteiger partial charge < -0.3 is 0 Å². The fourth-order valence-corrected chi connectivity index (χ4v) is 2.87. The first-order valence-electron chi connectivity index (χ1n) is 3.40. The summed E-state index contributed by atoms with van der Waals surface area (Å²) in [6.07, 6.45) is 0. The minimum atomic E-state index is 0.614. The molecule has 0 saturated carbocycles. The van der Waals surface area contributed by atoms with Crippen LogP contribution in [-0.2, 0) is 0 Å². The van der Waals surface area contributed by atoms with Gasteiger partial charge in [-0.15, -0.1) is 0 Å². The molecule has 2 rings (SSSR count). The van der Waals surface area contributed by atoms with Crippen molar-refractivity contribution in [2.75, 3.05) is 0 Å². The van der Waals surface area contributed by atoms with Gasteiger partial charge in [0.05, 0.1) is 0 Å². The van der Waals surface area contributed by atoms with Crippen LogP contribution in [0.1, 0.15) is 0 Å². The molecule has 48 valence electrons. The van der Waals surface area contributed by atoms with Gasteiger partial charge in [-0.2, -0.15) is 0 Å². The molecule has 1 nitrogen and oxygen atoms in total. The Balaban J connectivity index is 2.88. The summed E-state index contributed by atoms with van der Waals surface area (Å²) in [5.41, 5.74) is 1.27. The molecule has 10 heavy (non-hydrogen) atoms. The minimum absolute atomic E-state index is 0.614. The Morgan fingerprint density at radius 2 is 2.00 bits per heavy atom. The Morgan fingerprint density at radius 1 is 1.20 bits per heavy atom. The Morgan fingerprint density at radius 3 is 2.80 bits per heavy atom. The number of aromatic nitrogens is 1. The normalized spacial score (nSPS) is 10.4. The van der Waals surface area contributed by atoms with Gasteiger partial charge in [-0.1, -0.05) is 0 Å². The second kappa shape index (κ2) is 2.35. The molecule has 1 N–H and O–H groups in total. The monoisotopic (exact) mass is 233 g/mol. The van der Waals surface area contributed by atoms with Crippen molar-refractivity contribution in [2.24, 2.45) is 0 Å². The van der Waals surface area contributed by atoms with E-state index in [2.05, 4.69) is 35.3 Å². The molecule has 2 heteroatoms. The number of benzene rings is 1. The molecule has 1 heterocycles. The van der Waals surface area contributed by atoms with Crippen molar-refractivity contribution in [3.63, 3.8) is 0 Å². The van der Waals surface area contributed by atoms with Gasteiger partial charge >= 0.3 is 74.0 Å². The predicted molar refractivity (Wildman–Crippen MR) is 46.5 cm³/mol. The maximum atomic E-state index is 3.35. The fourth-order valence-electron chi connectivity index (χ4n) is 1.22. The SMILES string of the molecule is [InH2][c]1cc2ccccc2[nH]1. The summed E-state index contributed by atoms with van der Waals surface area (Å²) >= 11 is 0.614. The van der Waals surface area contributed by atoms with E-state index in [9.17, 15) is 0 Å². The van der Waals surface area contributed by atoms with E-state index in [-0.39, 0.29) is 0 Å². The van der Waals surface area contributed by atoms with Gasteiger partial charge in [-0.3, -0.25) is 0 Å². The van der Waals surface area contributed by atoms with Crippen molar-refractivity contribution in [2.45, 2.75) is 0 Å². The topological polar surface area (TPSA) is 15.8 Å². The van der Waals surface area contributed by atoms with Gasteiger partial charge in [0.2, 0.25) is 0 Å². The number of nitrogens with one attached hydrogen (secondary N) is 1. The second-order valence-electron chi connectivity index (χ2n) is 2.54. The molecule has 2 aromatic rings. The molecule has 0 aliphatic heterocycles. The summed E-state index contributed by atoms with van der Waals surface area (Å²) in [5.74, 6) is 0. The van der Waals surface area contributed by atoms with E-state index in [0.717, 1.165) is 0 Å². The first-order valence-corrected chi connectivity index (χ1v) is 6.26. The van der Waals surface area contributed by atoms with Crippen LogP contribution in [0.25, 0.3) is 10.9 Å². The molecule has 0 saturated heterocycles. The first-order chi connectivity index (χ1) is 4.86. The number of hydrogen-bond acceptors (Lipinski definition) is 0. The van der Waals surface area contributed by atoms with Crippen molar-refractivity contribution in [3.05, 3.63) is 30.3 Å². The third kappa shape index (κ3) is 0.966. The summed E-state index contributed by atoms with van der Waals surface area (Å²) in [6.45, 7) is 0. The molecule has 0 radical (unpaired) electrons. The Kier molecular flexibility index (Phi) is 1.49. The van der Waals surface area contributed by atoms with E-state index >= 15 is 0 Å². The van der Waals surface area contributed by atoms with Crippen molar-refractivity contribution < 1.29 is 0 Å². The quantitative estimate of drug-likeness (QED) is 0.679. The van der Waals surface area contributed by atoms with Crippen LogP contribution in [0.5, 0.6) is 0 Å². The second-order valence-corrected chi connectivity index (χ2v) is 5.61. The molecule has 0 amide bonds. The molecule has 0 atom stereocenters. The molecule has 1 aromatic carbocycles. The van der Waals surface area contributed by atoms with Crippen LogP contribution < -0.4 is 3.45 Å².